The van der Waals surface area contributed by atoms with Crippen LogP contribution in [0.4, 0.5) is 5.69 Å². The smallest absolute Gasteiger partial charge is 0.142 e. The van der Waals surface area contributed by atoms with Gasteiger partial charge in [-0.25, -0.2) is 0 Å². The Hall–Kier alpha value is -1.26. The summed E-state index contributed by atoms with van der Waals surface area (Å²) in [6.45, 7) is 9.84. The first kappa shape index (κ1) is 14.2. The first-order chi connectivity index (χ1) is 9.25. The van der Waals surface area contributed by atoms with Crippen LogP contribution in [0.3, 0.4) is 0 Å². The second-order valence-corrected chi connectivity index (χ2v) is 5.04. The van der Waals surface area contributed by atoms with E-state index in [1.165, 1.54) is 0 Å². The number of para-hydroxylation sites is 2. The maximum absolute atomic E-state index is 5.79. The molecule has 0 saturated carbocycles. The number of nitrogens with one attached hydrogen (secondary N) is 1. The molecule has 19 heavy (non-hydrogen) atoms. The molecule has 0 amide bonds. The minimum absolute atomic E-state index is 0.196. The van der Waals surface area contributed by atoms with E-state index in [2.05, 4.69) is 16.3 Å². The number of hydrogen-bond donors (Lipinski definition) is 1. The van der Waals surface area contributed by atoms with Crippen LogP contribution in [-0.2, 0) is 4.74 Å². The Morgan fingerprint density at radius 3 is 2.74 bits per heavy atom. The molecule has 4 nitrogen and oxygen atoms in total. The molecule has 1 aliphatic heterocycles. The molecule has 0 aromatic heterocycles. The normalized spacial score (nSPS) is 16.6. The number of anilines is 1. The van der Waals surface area contributed by atoms with Crippen molar-refractivity contribution in [1.29, 1.82) is 0 Å². The lowest BCUT2D eigenvalue weighted by molar-refractivity contribution is 0.0398. The van der Waals surface area contributed by atoms with E-state index >= 15 is 0 Å². The van der Waals surface area contributed by atoms with Crippen LogP contribution in [0.2, 0.25) is 0 Å². The molecule has 1 aliphatic rings. The van der Waals surface area contributed by atoms with Gasteiger partial charge < -0.3 is 14.8 Å². The van der Waals surface area contributed by atoms with Gasteiger partial charge in [0.25, 0.3) is 0 Å². The van der Waals surface area contributed by atoms with Gasteiger partial charge >= 0.3 is 0 Å². The average Bonchev–Trinajstić information content (AvgIpc) is 2.41. The van der Waals surface area contributed by atoms with Gasteiger partial charge in [-0.1, -0.05) is 12.1 Å². The highest BCUT2D eigenvalue weighted by molar-refractivity contribution is 5.56. The van der Waals surface area contributed by atoms with E-state index in [1.807, 2.05) is 32.0 Å². The molecular formula is C15H24N2O2. The number of benzene rings is 1. The van der Waals surface area contributed by atoms with Crippen molar-refractivity contribution in [3.8, 4) is 5.75 Å². The third-order valence-electron chi connectivity index (χ3n) is 3.10. The summed E-state index contributed by atoms with van der Waals surface area (Å²) in [7, 11) is 0. The number of hydrogen-bond acceptors (Lipinski definition) is 4. The third kappa shape index (κ3) is 4.73. The van der Waals surface area contributed by atoms with Crippen LogP contribution in [0.25, 0.3) is 0 Å². The van der Waals surface area contributed by atoms with Crippen molar-refractivity contribution in [2.75, 3.05) is 44.7 Å². The topological polar surface area (TPSA) is 33.7 Å². The molecule has 0 bridgehead atoms. The summed E-state index contributed by atoms with van der Waals surface area (Å²) in [5, 5.41) is 3.46. The summed E-state index contributed by atoms with van der Waals surface area (Å²) in [4.78, 5) is 2.42. The fourth-order valence-electron chi connectivity index (χ4n) is 2.14. The zero-order chi connectivity index (χ0) is 13.5. The van der Waals surface area contributed by atoms with Crippen LogP contribution in [0, 0.1) is 0 Å². The van der Waals surface area contributed by atoms with Gasteiger partial charge in [0, 0.05) is 26.2 Å². The third-order valence-corrected chi connectivity index (χ3v) is 3.10. The Bertz CT molecular complexity index is 376. The van der Waals surface area contributed by atoms with E-state index in [0.29, 0.717) is 0 Å². The van der Waals surface area contributed by atoms with Gasteiger partial charge in [0.2, 0.25) is 0 Å². The molecule has 0 atom stereocenters. The van der Waals surface area contributed by atoms with Crippen molar-refractivity contribution < 1.29 is 9.47 Å². The minimum Gasteiger partial charge on any atom is -0.489 e. The van der Waals surface area contributed by atoms with Crippen molar-refractivity contribution in [3.05, 3.63) is 24.3 Å². The number of morpholine rings is 1. The summed E-state index contributed by atoms with van der Waals surface area (Å²) < 4.78 is 11.1. The quantitative estimate of drug-likeness (QED) is 0.854. The largest absolute Gasteiger partial charge is 0.489 e. The Labute approximate surface area is 115 Å². The van der Waals surface area contributed by atoms with Gasteiger partial charge in [-0.15, -0.1) is 0 Å². The Kier molecular flexibility index (Phi) is 5.48. The summed E-state index contributed by atoms with van der Waals surface area (Å²) in [5.41, 5.74) is 1.07. The molecule has 1 saturated heterocycles. The molecule has 4 heteroatoms. The van der Waals surface area contributed by atoms with Crippen LogP contribution in [0.15, 0.2) is 24.3 Å². The van der Waals surface area contributed by atoms with Gasteiger partial charge in [-0.2, -0.15) is 0 Å². The second kappa shape index (κ2) is 7.36. The number of ether oxygens (including phenoxy) is 2. The molecule has 1 heterocycles. The van der Waals surface area contributed by atoms with Crippen LogP contribution >= 0.6 is 0 Å². The first-order valence-electron chi connectivity index (χ1n) is 7.05. The van der Waals surface area contributed by atoms with Crippen molar-refractivity contribution in [3.63, 3.8) is 0 Å². The van der Waals surface area contributed by atoms with Crippen molar-refractivity contribution in [1.82, 2.24) is 4.90 Å². The molecule has 0 aliphatic carbocycles. The van der Waals surface area contributed by atoms with Crippen molar-refractivity contribution >= 4 is 5.69 Å². The van der Waals surface area contributed by atoms with E-state index < -0.39 is 0 Å². The zero-order valence-electron chi connectivity index (χ0n) is 11.9. The molecule has 0 radical (unpaired) electrons. The SMILES string of the molecule is CC(C)Oc1ccccc1NCCN1CCOCC1. The Morgan fingerprint density at radius 1 is 1.26 bits per heavy atom. The summed E-state index contributed by atoms with van der Waals surface area (Å²) >= 11 is 0. The molecule has 0 unspecified atom stereocenters. The van der Waals surface area contributed by atoms with E-state index in [4.69, 9.17) is 9.47 Å². The first-order valence-corrected chi connectivity index (χ1v) is 7.05. The van der Waals surface area contributed by atoms with E-state index in [9.17, 15) is 0 Å². The number of nitrogens with zero attached hydrogens (tertiary/aromatic N) is 1. The Morgan fingerprint density at radius 2 is 2.00 bits per heavy atom. The predicted molar refractivity (Wildman–Crippen MR) is 78.0 cm³/mol. The predicted octanol–water partition coefficient (Wildman–Crippen LogP) is 2.22. The average molecular weight is 264 g/mol. The van der Waals surface area contributed by atoms with Crippen LogP contribution in [0.1, 0.15) is 13.8 Å². The van der Waals surface area contributed by atoms with Gasteiger partial charge in [0.05, 0.1) is 25.0 Å². The summed E-state index contributed by atoms with van der Waals surface area (Å²) in [6.07, 6.45) is 0.196. The van der Waals surface area contributed by atoms with Gasteiger partial charge in [0.15, 0.2) is 0 Å². The molecule has 1 aromatic carbocycles. The highest BCUT2D eigenvalue weighted by Crippen LogP contribution is 2.24. The summed E-state index contributed by atoms with van der Waals surface area (Å²) in [6, 6.07) is 8.11. The zero-order valence-corrected chi connectivity index (χ0v) is 11.9. The highest BCUT2D eigenvalue weighted by Gasteiger charge is 2.10. The van der Waals surface area contributed by atoms with Gasteiger partial charge in [0.1, 0.15) is 5.75 Å². The Balaban J connectivity index is 1.81. The maximum atomic E-state index is 5.79. The summed E-state index contributed by atoms with van der Waals surface area (Å²) in [5.74, 6) is 0.930. The molecule has 1 aromatic rings. The second-order valence-electron chi connectivity index (χ2n) is 5.04. The van der Waals surface area contributed by atoms with E-state index in [-0.39, 0.29) is 6.10 Å². The highest BCUT2D eigenvalue weighted by atomic mass is 16.5. The lowest BCUT2D eigenvalue weighted by Gasteiger charge is -2.26. The molecular weight excluding hydrogens is 240 g/mol. The number of rotatable bonds is 6. The van der Waals surface area contributed by atoms with Crippen molar-refractivity contribution in [2.24, 2.45) is 0 Å². The van der Waals surface area contributed by atoms with Gasteiger partial charge in [-0.3, -0.25) is 4.90 Å². The van der Waals surface area contributed by atoms with Crippen molar-refractivity contribution in [2.45, 2.75) is 20.0 Å². The molecule has 1 N–H and O–H groups in total. The lowest BCUT2D eigenvalue weighted by Crippen LogP contribution is -2.39. The molecule has 2 rings (SSSR count). The lowest BCUT2D eigenvalue weighted by atomic mass is 10.3. The van der Waals surface area contributed by atoms with Crippen LogP contribution in [0.5, 0.6) is 5.75 Å². The molecule has 1 fully saturated rings. The van der Waals surface area contributed by atoms with E-state index in [0.717, 1.165) is 50.8 Å². The fourth-order valence-corrected chi connectivity index (χ4v) is 2.14. The molecule has 0 spiro atoms. The van der Waals surface area contributed by atoms with E-state index in [1.54, 1.807) is 0 Å². The minimum atomic E-state index is 0.196. The fraction of sp³-hybridized carbons (Fsp3) is 0.600. The molecule has 106 valence electrons. The van der Waals surface area contributed by atoms with Gasteiger partial charge in [-0.05, 0) is 26.0 Å². The standard InChI is InChI=1S/C15H24N2O2/c1-13(2)19-15-6-4-3-5-14(15)16-7-8-17-9-11-18-12-10-17/h3-6,13,16H,7-12H2,1-2H3. The van der Waals surface area contributed by atoms with Crippen LogP contribution < -0.4 is 10.1 Å². The maximum Gasteiger partial charge on any atom is 0.142 e. The van der Waals surface area contributed by atoms with Crippen LogP contribution in [-0.4, -0.2) is 50.4 Å². The monoisotopic (exact) mass is 264 g/mol.